The highest BCUT2D eigenvalue weighted by Crippen LogP contribution is 2.35. The van der Waals surface area contributed by atoms with Crippen molar-refractivity contribution in [2.75, 3.05) is 26.1 Å². The Morgan fingerprint density at radius 3 is 2.65 bits per heavy atom. The first-order chi connectivity index (χ1) is 16.5. The molecular formula is C23H25FN6O4. The molecular weight excluding hydrogens is 443 g/mol. The molecule has 0 aromatic heterocycles. The molecule has 3 N–H and O–H groups in total. The summed E-state index contributed by atoms with van der Waals surface area (Å²) < 4.78 is 23.8. The van der Waals surface area contributed by atoms with Crippen LogP contribution >= 0.6 is 0 Å². The molecule has 11 heteroatoms. The predicted octanol–water partition coefficient (Wildman–Crippen LogP) is 2.15. The van der Waals surface area contributed by atoms with Gasteiger partial charge in [-0.05, 0) is 36.2 Å². The zero-order valence-electron chi connectivity index (χ0n) is 18.7. The first-order valence-corrected chi connectivity index (χ1v) is 10.8. The van der Waals surface area contributed by atoms with E-state index in [1.807, 2.05) is 5.01 Å². The van der Waals surface area contributed by atoms with Gasteiger partial charge in [-0.1, -0.05) is 12.1 Å². The number of urea groups is 1. The molecule has 3 amide bonds. The maximum atomic E-state index is 13.3. The molecule has 2 aromatic carbocycles. The predicted molar refractivity (Wildman–Crippen MR) is 121 cm³/mol. The molecule has 0 bridgehead atoms. The van der Waals surface area contributed by atoms with E-state index in [0.717, 1.165) is 5.56 Å². The fourth-order valence-corrected chi connectivity index (χ4v) is 4.49. The van der Waals surface area contributed by atoms with Crippen LogP contribution in [0.2, 0.25) is 0 Å². The first kappa shape index (κ1) is 22.0. The minimum Gasteiger partial charge on any atom is -0.497 e. The van der Waals surface area contributed by atoms with Crippen LogP contribution in [0.3, 0.4) is 0 Å². The number of benzene rings is 2. The topological polar surface area (TPSA) is 98.4 Å². The summed E-state index contributed by atoms with van der Waals surface area (Å²) in [6, 6.07) is 11.0. The molecule has 3 aliphatic heterocycles. The summed E-state index contributed by atoms with van der Waals surface area (Å²) in [5, 5.41) is 6.02. The van der Waals surface area contributed by atoms with Crippen molar-refractivity contribution < 1.29 is 23.5 Å². The maximum absolute atomic E-state index is 13.3. The molecule has 0 radical (unpaired) electrons. The fraction of sp³-hybridized carbons (Fsp3) is 0.304. The summed E-state index contributed by atoms with van der Waals surface area (Å²) in [5.74, 6) is 0.379. The third-order valence-electron chi connectivity index (χ3n) is 6.19. The van der Waals surface area contributed by atoms with Crippen molar-refractivity contribution in [3.05, 3.63) is 66.2 Å². The molecule has 178 valence electrons. The number of hydrazine groups is 2. The summed E-state index contributed by atoms with van der Waals surface area (Å²) in [7, 11) is 3.04. The molecule has 10 nitrogen and oxygen atoms in total. The van der Waals surface area contributed by atoms with E-state index in [9.17, 15) is 14.0 Å². The lowest BCUT2D eigenvalue weighted by molar-refractivity contribution is -0.117. The minimum atomic E-state index is -0.387. The second-order valence-corrected chi connectivity index (χ2v) is 8.21. The highest BCUT2D eigenvalue weighted by Gasteiger charge is 2.48. The summed E-state index contributed by atoms with van der Waals surface area (Å²) in [5.41, 5.74) is 7.96. The molecule has 2 fully saturated rings. The second kappa shape index (κ2) is 8.84. The van der Waals surface area contributed by atoms with Crippen LogP contribution in [0, 0.1) is 5.82 Å². The highest BCUT2D eigenvalue weighted by atomic mass is 19.1. The van der Waals surface area contributed by atoms with Crippen LogP contribution < -0.4 is 25.6 Å². The van der Waals surface area contributed by atoms with Gasteiger partial charge in [0.2, 0.25) is 5.91 Å². The zero-order chi connectivity index (χ0) is 23.8. The summed E-state index contributed by atoms with van der Waals surface area (Å²) in [6.45, 7) is -0.193. The smallest absolute Gasteiger partial charge is 0.340 e. The molecule has 0 aliphatic carbocycles. The Kier molecular flexibility index (Phi) is 5.72. The zero-order valence-corrected chi connectivity index (χ0v) is 18.7. The molecule has 2 aromatic rings. The van der Waals surface area contributed by atoms with E-state index in [4.69, 9.17) is 9.47 Å². The van der Waals surface area contributed by atoms with E-state index in [1.165, 1.54) is 31.4 Å². The Morgan fingerprint density at radius 2 is 1.91 bits per heavy atom. The van der Waals surface area contributed by atoms with Gasteiger partial charge in [0.15, 0.2) is 0 Å². The molecule has 3 unspecified atom stereocenters. The molecule has 3 atom stereocenters. The van der Waals surface area contributed by atoms with Gasteiger partial charge in [-0.3, -0.25) is 9.69 Å². The van der Waals surface area contributed by atoms with Crippen LogP contribution in [0.5, 0.6) is 11.5 Å². The van der Waals surface area contributed by atoms with Crippen molar-refractivity contribution >= 4 is 17.6 Å². The van der Waals surface area contributed by atoms with E-state index < -0.39 is 0 Å². The number of hydrogen-bond donors (Lipinski definition) is 3. The molecule has 5 rings (SSSR count). The van der Waals surface area contributed by atoms with Crippen LogP contribution in [-0.4, -0.2) is 59.8 Å². The van der Waals surface area contributed by atoms with E-state index in [2.05, 4.69) is 16.2 Å². The normalized spacial score (nSPS) is 23.1. The number of anilines is 1. The van der Waals surface area contributed by atoms with Gasteiger partial charge >= 0.3 is 6.03 Å². The Hall–Kier alpha value is -3.83. The second-order valence-electron chi connectivity index (χ2n) is 8.21. The number of amides is 3. The van der Waals surface area contributed by atoms with E-state index >= 15 is 0 Å². The Balaban J connectivity index is 1.26. The van der Waals surface area contributed by atoms with Gasteiger partial charge in [0.25, 0.3) is 0 Å². The van der Waals surface area contributed by atoms with Crippen molar-refractivity contribution in [3.8, 4) is 11.5 Å². The highest BCUT2D eigenvalue weighted by molar-refractivity contribution is 5.96. The number of rotatable bonds is 6. The summed E-state index contributed by atoms with van der Waals surface area (Å²) in [4.78, 5) is 27.3. The number of fused-ring (bicyclic) bond motifs is 3. The molecule has 2 saturated heterocycles. The number of nitrogens with one attached hydrogen (secondary N) is 3. The van der Waals surface area contributed by atoms with Gasteiger partial charge < -0.3 is 19.8 Å². The Bertz CT molecular complexity index is 1130. The average molecular weight is 468 g/mol. The molecule has 3 heterocycles. The third kappa shape index (κ3) is 3.99. The first-order valence-electron chi connectivity index (χ1n) is 10.8. The molecule has 34 heavy (non-hydrogen) atoms. The summed E-state index contributed by atoms with van der Waals surface area (Å²) in [6.07, 6.45) is 3.82. The molecule has 0 saturated carbocycles. The van der Waals surface area contributed by atoms with Crippen LogP contribution in [-0.2, 0) is 4.79 Å². The SMILES string of the molecule is COc1ccc(OC)c(NC(=O)CN2NC3C4CC(c5ccc(F)cc5)NN4C=CN3C2=O)c1. The Labute approximate surface area is 195 Å². The summed E-state index contributed by atoms with van der Waals surface area (Å²) >= 11 is 0. The van der Waals surface area contributed by atoms with Crippen LogP contribution in [0.25, 0.3) is 0 Å². The fourth-order valence-electron chi connectivity index (χ4n) is 4.49. The van der Waals surface area contributed by atoms with Crippen molar-refractivity contribution in [1.29, 1.82) is 0 Å². The monoisotopic (exact) mass is 468 g/mol. The van der Waals surface area contributed by atoms with Crippen LogP contribution in [0.15, 0.2) is 54.9 Å². The van der Waals surface area contributed by atoms with Gasteiger partial charge in [0, 0.05) is 18.5 Å². The molecule has 0 spiro atoms. The maximum Gasteiger partial charge on any atom is 0.340 e. The van der Waals surface area contributed by atoms with Gasteiger partial charge in [-0.2, -0.15) is 0 Å². The van der Waals surface area contributed by atoms with Crippen molar-refractivity contribution in [3.63, 3.8) is 0 Å². The number of carbonyl (C=O) groups is 2. The van der Waals surface area contributed by atoms with Crippen molar-refractivity contribution in [2.24, 2.45) is 0 Å². The van der Waals surface area contributed by atoms with Gasteiger partial charge in [0.05, 0.1) is 32.0 Å². The van der Waals surface area contributed by atoms with E-state index in [0.29, 0.717) is 23.6 Å². The largest absolute Gasteiger partial charge is 0.497 e. The lowest BCUT2D eigenvalue weighted by Gasteiger charge is -2.34. The van der Waals surface area contributed by atoms with Crippen LogP contribution in [0.1, 0.15) is 18.0 Å². The lowest BCUT2D eigenvalue weighted by atomic mass is 10.00. The van der Waals surface area contributed by atoms with Gasteiger partial charge in [-0.15, -0.1) is 0 Å². The van der Waals surface area contributed by atoms with Gasteiger partial charge in [0.1, 0.15) is 30.0 Å². The average Bonchev–Trinajstić information content (AvgIpc) is 3.41. The van der Waals surface area contributed by atoms with Crippen molar-refractivity contribution in [2.45, 2.75) is 24.7 Å². The number of carbonyl (C=O) groups excluding carboxylic acids is 2. The quantitative estimate of drug-likeness (QED) is 0.598. The Morgan fingerprint density at radius 1 is 1.12 bits per heavy atom. The third-order valence-corrected chi connectivity index (χ3v) is 6.19. The van der Waals surface area contributed by atoms with Crippen LogP contribution in [0.4, 0.5) is 14.9 Å². The van der Waals surface area contributed by atoms with E-state index in [-0.39, 0.29) is 42.5 Å². The molecule has 3 aliphatic rings. The van der Waals surface area contributed by atoms with Gasteiger partial charge in [-0.25, -0.2) is 25.0 Å². The number of halogens is 1. The van der Waals surface area contributed by atoms with Crippen molar-refractivity contribution in [1.82, 2.24) is 25.8 Å². The number of hydrogen-bond acceptors (Lipinski definition) is 7. The number of ether oxygens (including phenoxy) is 2. The number of methoxy groups -OCH3 is 2. The standard InChI is InChI=1S/C23H25FN6O4/c1-33-16-7-8-20(34-2)18(11-16)25-21(31)13-30-23(32)28-9-10-29-19(22(28)27-30)12-17(26-29)14-3-5-15(24)6-4-14/h3-11,17,19,22,26-27H,12-13H2,1-2H3,(H,25,31). The lowest BCUT2D eigenvalue weighted by Crippen LogP contribution is -2.54. The number of nitrogens with zero attached hydrogens (tertiary/aromatic N) is 3. The minimum absolute atomic E-state index is 0.0232. The van der Waals surface area contributed by atoms with E-state index in [1.54, 1.807) is 47.6 Å².